The molecule has 2 amide bonds. The summed E-state index contributed by atoms with van der Waals surface area (Å²) in [6.45, 7) is 11.3. The van der Waals surface area contributed by atoms with Crippen LogP contribution < -0.4 is 20.9 Å². The number of halogens is 3. The number of anilines is 4. The second kappa shape index (κ2) is 13.4. The minimum absolute atomic E-state index is 0.0526. The number of carbonyl (C=O) groups excluding carboxylic acids is 2. The zero-order valence-electron chi connectivity index (χ0n) is 25.1. The van der Waals surface area contributed by atoms with E-state index < -0.39 is 29.1 Å². The molecular formula is C30H41F3N6O3. The number of aliphatic imine (C=N–C) groups is 1. The average molecular weight is 591 g/mol. The standard InChI is InChI=1S/C30H41F3N6O3/c1-7-13-38(14-10-19(8-2)27(40)42-29(3,4)5)24-9-12-36-26-22(24)11-15-39(26)28(41)37-21-16-20(18-35-6)25(34)23(17-21)30(31,32)33/h9,12,16-19H,7-8,10-11,13-15,34H2,1-6H3,(H,37,41). The number of esters is 1. The van der Waals surface area contributed by atoms with Gasteiger partial charge in [0.2, 0.25) is 0 Å². The molecule has 0 fully saturated rings. The van der Waals surface area contributed by atoms with Gasteiger partial charge in [0, 0.05) is 61.6 Å². The van der Waals surface area contributed by atoms with Crippen LogP contribution in [0.5, 0.6) is 0 Å². The lowest BCUT2D eigenvalue weighted by molar-refractivity contribution is -0.160. The van der Waals surface area contributed by atoms with Gasteiger partial charge in [0.05, 0.1) is 17.2 Å². The van der Waals surface area contributed by atoms with E-state index in [2.05, 4.69) is 27.1 Å². The first-order valence-electron chi connectivity index (χ1n) is 14.2. The van der Waals surface area contributed by atoms with Gasteiger partial charge in [-0.25, -0.2) is 9.78 Å². The highest BCUT2D eigenvalue weighted by Gasteiger charge is 2.35. The lowest BCUT2D eigenvalue weighted by Crippen LogP contribution is -2.34. The largest absolute Gasteiger partial charge is 0.460 e. The second-order valence-corrected chi connectivity index (χ2v) is 11.3. The molecule has 1 aromatic heterocycles. The Labute approximate surface area is 245 Å². The van der Waals surface area contributed by atoms with E-state index in [1.165, 1.54) is 24.2 Å². The van der Waals surface area contributed by atoms with Gasteiger partial charge in [0.25, 0.3) is 0 Å². The third-order valence-electron chi connectivity index (χ3n) is 6.95. The Bertz CT molecular complexity index is 1310. The summed E-state index contributed by atoms with van der Waals surface area (Å²) < 4.78 is 46.5. The molecule has 2 aromatic rings. The number of hydrogen-bond donors (Lipinski definition) is 2. The van der Waals surface area contributed by atoms with Crippen molar-refractivity contribution >= 4 is 41.1 Å². The average Bonchev–Trinajstić information content (AvgIpc) is 3.33. The molecule has 0 radical (unpaired) electrons. The first-order valence-corrected chi connectivity index (χ1v) is 14.2. The molecule has 3 rings (SSSR count). The Morgan fingerprint density at radius 1 is 1.24 bits per heavy atom. The molecule has 0 aliphatic carbocycles. The molecule has 1 unspecified atom stereocenters. The highest BCUT2D eigenvalue weighted by molar-refractivity contribution is 6.04. The monoisotopic (exact) mass is 590 g/mol. The number of pyridine rings is 1. The highest BCUT2D eigenvalue weighted by Crippen LogP contribution is 2.38. The Kier molecular flexibility index (Phi) is 10.5. The van der Waals surface area contributed by atoms with Gasteiger partial charge in [0.15, 0.2) is 0 Å². The molecule has 12 heteroatoms. The molecule has 2 heterocycles. The van der Waals surface area contributed by atoms with Crippen molar-refractivity contribution in [2.75, 3.05) is 47.5 Å². The van der Waals surface area contributed by atoms with Crippen LogP contribution in [0.2, 0.25) is 0 Å². The molecule has 1 aliphatic heterocycles. The maximum atomic E-state index is 13.6. The van der Waals surface area contributed by atoms with Gasteiger partial charge in [-0.05, 0) is 64.7 Å². The number of nitrogens with zero attached hydrogens (tertiary/aromatic N) is 4. The van der Waals surface area contributed by atoms with E-state index in [1.54, 1.807) is 6.20 Å². The van der Waals surface area contributed by atoms with Crippen LogP contribution in [0.15, 0.2) is 29.4 Å². The van der Waals surface area contributed by atoms with Gasteiger partial charge in [0.1, 0.15) is 11.4 Å². The van der Waals surface area contributed by atoms with Crippen molar-refractivity contribution in [1.29, 1.82) is 0 Å². The maximum absolute atomic E-state index is 13.6. The van der Waals surface area contributed by atoms with Gasteiger partial charge in [-0.2, -0.15) is 13.2 Å². The number of carbonyl (C=O) groups is 2. The van der Waals surface area contributed by atoms with E-state index in [0.717, 1.165) is 30.3 Å². The third-order valence-corrected chi connectivity index (χ3v) is 6.95. The van der Waals surface area contributed by atoms with E-state index in [-0.39, 0.29) is 23.1 Å². The number of benzene rings is 1. The van der Waals surface area contributed by atoms with Gasteiger partial charge in [-0.15, -0.1) is 0 Å². The van der Waals surface area contributed by atoms with Crippen LogP contribution in [0.4, 0.5) is 40.8 Å². The molecule has 9 nitrogen and oxygen atoms in total. The van der Waals surface area contributed by atoms with Crippen molar-refractivity contribution in [3.05, 3.63) is 41.1 Å². The number of nitrogens with one attached hydrogen (secondary N) is 1. The molecule has 1 atom stereocenters. The van der Waals surface area contributed by atoms with E-state index in [9.17, 15) is 22.8 Å². The van der Waals surface area contributed by atoms with Crippen LogP contribution >= 0.6 is 0 Å². The van der Waals surface area contributed by atoms with Crippen molar-refractivity contribution in [1.82, 2.24) is 4.98 Å². The lowest BCUT2D eigenvalue weighted by Gasteiger charge is -2.29. The zero-order valence-corrected chi connectivity index (χ0v) is 25.1. The number of urea groups is 1. The first kappa shape index (κ1) is 32.7. The van der Waals surface area contributed by atoms with E-state index in [4.69, 9.17) is 10.5 Å². The molecule has 0 spiro atoms. The molecule has 0 saturated heterocycles. The Hall–Kier alpha value is -3.83. The minimum Gasteiger partial charge on any atom is -0.460 e. The van der Waals surface area contributed by atoms with Crippen molar-refractivity contribution in [3.63, 3.8) is 0 Å². The molecule has 1 aliphatic rings. The summed E-state index contributed by atoms with van der Waals surface area (Å²) in [6, 6.07) is 3.47. The number of hydrogen-bond acceptors (Lipinski definition) is 7. The number of nitrogens with two attached hydrogens (primary N) is 1. The summed E-state index contributed by atoms with van der Waals surface area (Å²) in [7, 11) is 1.42. The van der Waals surface area contributed by atoms with Gasteiger partial charge in [-0.1, -0.05) is 13.8 Å². The summed E-state index contributed by atoms with van der Waals surface area (Å²) in [5.41, 5.74) is 5.45. The number of amides is 2. The van der Waals surface area contributed by atoms with Crippen LogP contribution in [-0.2, 0) is 22.1 Å². The maximum Gasteiger partial charge on any atom is 0.418 e. The predicted octanol–water partition coefficient (Wildman–Crippen LogP) is 6.30. The van der Waals surface area contributed by atoms with Gasteiger partial charge in [-0.3, -0.25) is 14.7 Å². The second-order valence-electron chi connectivity index (χ2n) is 11.3. The molecule has 0 saturated carbocycles. The van der Waals surface area contributed by atoms with Crippen LogP contribution in [0.3, 0.4) is 0 Å². The zero-order chi connectivity index (χ0) is 31.2. The van der Waals surface area contributed by atoms with E-state index in [0.29, 0.717) is 38.2 Å². The molecule has 0 bridgehead atoms. The fourth-order valence-electron chi connectivity index (χ4n) is 4.99. The van der Waals surface area contributed by atoms with E-state index >= 15 is 0 Å². The summed E-state index contributed by atoms with van der Waals surface area (Å²) in [4.78, 5) is 37.9. The summed E-state index contributed by atoms with van der Waals surface area (Å²) in [5.74, 6) is -0.00836. The van der Waals surface area contributed by atoms with Crippen LogP contribution in [0.1, 0.15) is 70.6 Å². The molecule has 230 valence electrons. The number of aromatic nitrogens is 1. The molecule has 42 heavy (non-hydrogen) atoms. The topological polar surface area (TPSA) is 113 Å². The fraction of sp³-hybridized carbons (Fsp3) is 0.533. The van der Waals surface area contributed by atoms with Crippen LogP contribution in [0.25, 0.3) is 0 Å². The predicted molar refractivity (Wildman–Crippen MR) is 160 cm³/mol. The third kappa shape index (κ3) is 7.92. The Balaban J connectivity index is 1.84. The van der Waals surface area contributed by atoms with Crippen molar-refractivity contribution < 1.29 is 27.5 Å². The number of ether oxygens (including phenoxy) is 1. The van der Waals surface area contributed by atoms with E-state index in [1.807, 2.05) is 33.8 Å². The fourth-order valence-corrected chi connectivity index (χ4v) is 4.99. The molecule has 1 aromatic carbocycles. The Morgan fingerprint density at radius 3 is 2.55 bits per heavy atom. The highest BCUT2D eigenvalue weighted by atomic mass is 19.4. The summed E-state index contributed by atoms with van der Waals surface area (Å²) in [6.07, 6.45) is 0.785. The normalized spacial score (nSPS) is 14.2. The lowest BCUT2D eigenvalue weighted by atomic mass is 10.0. The number of nitrogen functional groups attached to an aromatic ring is 1. The van der Waals surface area contributed by atoms with Gasteiger partial charge >= 0.3 is 18.2 Å². The number of fused-ring (bicyclic) bond motifs is 1. The summed E-state index contributed by atoms with van der Waals surface area (Å²) in [5, 5.41) is 2.58. The smallest absolute Gasteiger partial charge is 0.418 e. The van der Waals surface area contributed by atoms with Crippen molar-refractivity contribution in [2.24, 2.45) is 10.9 Å². The van der Waals surface area contributed by atoms with Gasteiger partial charge < -0.3 is 20.7 Å². The number of rotatable bonds is 10. The molecule has 3 N–H and O–H groups in total. The first-order chi connectivity index (χ1) is 19.7. The Morgan fingerprint density at radius 2 is 1.95 bits per heavy atom. The van der Waals surface area contributed by atoms with Crippen LogP contribution in [-0.4, -0.2) is 55.5 Å². The SMILES string of the molecule is CCCN(CCC(CC)C(=O)OC(C)(C)C)c1ccnc2c1CCN2C(=O)Nc1cc(C=NC)c(N)c(C(F)(F)F)c1. The van der Waals surface area contributed by atoms with Crippen molar-refractivity contribution in [2.45, 2.75) is 72.1 Å². The minimum atomic E-state index is -4.71. The molecular weight excluding hydrogens is 549 g/mol. The number of alkyl halides is 3. The van der Waals surface area contributed by atoms with Crippen LogP contribution in [0, 0.1) is 5.92 Å². The quantitative estimate of drug-likeness (QED) is 0.191. The van der Waals surface area contributed by atoms with Crippen molar-refractivity contribution in [3.8, 4) is 0 Å². The summed E-state index contributed by atoms with van der Waals surface area (Å²) >= 11 is 0.